The lowest BCUT2D eigenvalue weighted by atomic mass is 9.74. The number of fused-ring (bicyclic) bond motifs is 2. The summed E-state index contributed by atoms with van der Waals surface area (Å²) in [4.78, 5) is 24.6. The van der Waals surface area contributed by atoms with Crippen LogP contribution in [0, 0.1) is 19.7 Å². The molecule has 4 aromatic rings. The van der Waals surface area contributed by atoms with Crippen LogP contribution < -0.4 is 4.90 Å². The molecular weight excluding hydrogens is 565 g/mol. The number of aryl methyl sites for hydroxylation is 2. The van der Waals surface area contributed by atoms with Gasteiger partial charge in [-0.2, -0.15) is 0 Å². The minimum atomic E-state index is -0.239. The lowest BCUT2D eigenvalue weighted by Gasteiger charge is -2.39. The van der Waals surface area contributed by atoms with E-state index in [1.807, 2.05) is 36.9 Å². The summed E-state index contributed by atoms with van der Waals surface area (Å²) in [7, 11) is 0. The van der Waals surface area contributed by atoms with Gasteiger partial charge in [-0.1, -0.05) is 47.6 Å². The molecule has 214 valence electrons. The fourth-order valence-corrected chi connectivity index (χ4v) is 7.05. The van der Waals surface area contributed by atoms with Crippen LogP contribution >= 0.6 is 23.4 Å². The number of benzene rings is 3. The Morgan fingerprint density at radius 1 is 1.00 bits per heavy atom. The first-order valence-electron chi connectivity index (χ1n) is 14.3. The molecule has 2 aliphatic heterocycles. The highest BCUT2D eigenvalue weighted by molar-refractivity contribution is 7.99. The second kappa shape index (κ2) is 12.0. The molecule has 3 aromatic carbocycles. The number of aromatic nitrogens is 1. The predicted octanol–water partition coefficient (Wildman–Crippen LogP) is 8.35. The summed E-state index contributed by atoms with van der Waals surface area (Å²) in [6.07, 6.45) is 7.98. The van der Waals surface area contributed by atoms with Crippen LogP contribution in [-0.4, -0.2) is 42.0 Å². The zero-order valence-corrected chi connectivity index (χ0v) is 25.4. The van der Waals surface area contributed by atoms with E-state index in [-0.39, 0.29) is 17.1 Å². The molecular formula is C35H33ClFN3OS. The third kappa shape index (κ3) is 6.03. The summed E-state index contributed by atoms with van der Waals surface area (Å²) in [6.45, 7) is 7.35. The van der Waals surface area contributed by atoms with Crippen molar-refractivity contribution in [1.82, 2.24) is 9.88 Å². The van der Waals surface area contributed by atoms with Crippen LogP contribution in [0.15, 0.2) is 94.9 Å². The van der Waals surface area contributed by atoms with E-state index in [9.17, 15) is 9.18 Å². The maximum atomic E-state index is 13.8. The molecule has 42 heavy (non-hydrogen) atoms. The number of amides is 1. The topological polar surface area (TPSA) is 36.4 Å². The van der Waals surface area contributed by atoms with Crippen LogP contribution in [0.5, 0.6) is 0 Å². The van der Waals surface area contributed by atoms with E-state index in [0.717, 1.165) is 69.8 Å². The third-order valence-electron chi connectivity index (χ3n) is 8.41. The first-order valence-corrected chi connectivity index (χ1v) is 15.5. The molecule has 0 N–H and O–H groups in total. The number of nitrogens with zero attached hydrogens (tertiary/aromatic N) is 3. The fourth-order valence-electron chi connectivity index (χ4n) is 6.01. The Kier molecular flexibility index (Phi) is 8.22. The Labute approximate surface area is 256 Å². The van der Waals surface area contributed by atoms with Crippen LogP contribution in [0.2, 0.25) is 5.02 Å². The van der Waals surface area contributed by atoms with Crippen LogP contribution in [0.25, 0.3) is 6.08 Å². The quantitative estimate of drug-likeness (QED) is 0.224. The standard InChI is InChI=1S/C35H33ClFN3OS/c1-24-5-6-26(21-32(24)36)4-3-17-39-18-14-35(15-19-39)23-40(34(41)27-13-16-38-25(2)20-27)33-12-11-30(22-31(33)35)42-29-9-7-28(37)8-10-29/h3-13,16,20-22H,14-15,17-19,23H2,1-2H3/b4-3+. The summed E-state index contributed by atoms with van der Waals surface area (Å²) in [5.74, 6) is -0.225. The van der Waals surface area contributed by atoms with Gasteiger partial charge in [0.15, 0.2) is 0 Å². The van der Waals surface area contributed by atoms with Gasteiger partial charge in [-0.25, -0.2) is 4.39 Å². The molecule has 0 bridgehead atoms. The highest BCUT2D eigenvalue weighted by Gasteiger charge is 2.46. The van der Waals surface area contributed by atoms with E-state index < -0.39 is 0 Å². The van der Waals surface area contributed by atoms with Gasteiger partial charge >= 0.3 is 0 Å². The second-order valence-corrected chi connectivity index (χ2v) is 12.9. The number of rotatable bonds is 6. The summed E-state index contributed by atoms with van der Waals surface area (Å²) in [5.41, 5.74) is 5.79. The van der Waals surface area contributed by atoms with Gasteiger partial charge in [0.2, 0.25) is 0 Å². The average molecular weight is 598 g/mol. The van der Waals surface area contributed by atoms with Gasteiger partial charge in [0.1, 0.15) is 5.82 Å². The fraction of sp³-hybridized carbons (Fsp3) is 0.257. The van der Waals surface area contributed by atoms with Gasteiger partial charge in [-0.05, 0) is 117 Å². The molecule has 1 saturated heterocycles. The number of piperidine rings is 1. The van der Waals surface area contributed by atoms with Crippen molar-refractivity contribution in [3.63, 3.8) is 0 Å². The lowest BCUT2D eigenvalue weighted by molar-refractivity contribution is 0.0977. The van der Waals surface area contributed by atoms with Crippen LogP contribution in [-0.2, 0) is 5.41 Å². The normalized spacial score (nSPS) is 16.3. The number of anilines is 1. The third-order valence-corrected chi connectivity index (χ3v) is 9.82. The van der Waals surface area contributed by atoms with Crippen molar-refractivity contribution in [2.45, 2.75) is 41.9 Å². The Balaban J connectivity index is 1.23. The summed E-state index contributed by atoms with van der Waals surface area (Å²) < 4.78 is 13.5. The van der Waals surface area contributed by atoms with Crippen LogP contribution in [0.3, 0.4) is 0 Å². The van der Waals surface area contributed by atoms with Gasteiger partial charge in [0.05, 0.1) is 0 Å². The number of halogens is 2. The molecule has 2 aliphatic rings. The van der Waals surface area contributed by atoms with Crippen molar-refractivity contribution in [3.05, 3.63) is 124 Å². The van der Waals surface area contributed by atoms with E-state index >= 15 is 0 Å². The van der Waals surface area contributed by atoms with Gasteiger partial charge in [-0.15, -0.1) is 0 Å². The number of hydrogen-bond donors (Lipinski definition) is 0. The van der Waals surface area contributed by atoms with Crippen molar-refractivity contribution >= 4 is 41.0 Å². The van der Waals surface area contributed by atoms with Gasteiger partial charge in [0.25, 0.3) is 5.91 Å². The van der Waals surface area contributed by atoms with Gasteiger partial charge < -0.3 is 4.90 Å². The average Bonchev–Trinajstić information content (AvgIpc) is 3.30. The summed E-state index contributed by atoms with van der Waals surface area (Å²) in [5, 5.41) is 0.787. The predicted molar refractivity (Wildman–Crippen MR) is 170 cm³/mol. The lowest BCUT2D eigenvalue weighted by Crippen LogP contribution is -2.46. The van der Waals surface area contributed by atoms with E-state index in [2.05, 4.69) is 46.3 Å². The Morgan fingerprint density at radius 3 is 2.50 bits per heavy atom. The molecule has 4 nitrogen and oxygen atoms in total. The SMILES string of the molecule is Cc1cc(C(=O)N2CC3(CCN(C/C=C/c4ccc(C)c(Cl)c4)CC3)c3cc(Sc4ccc(F)cc4)ccc32)ccn1. The molecule has 3 heterocycles. The Morgan fingerprint density at radius 2 is 1.76 bits per heavy atom. The van der Waals surface area contributed by atoms with Gasteiger partial charge in [0, 0.05) is 56.5 Å². The van der Waals surface area contributed by atoms with Crippen LogP contribution in [0.4, 0.5) is 10.1 Å². The second-order valence-electron chi connectivity index (χ2n) is 11.3. The van der Waals surface area contributed by atoms with Crippen molar-refractivity contribution in [3.8, 4) is 0 Å². The molecule has 0 saturated carbocycles. The van der Waals surface area contributed by atoms with E-state index in [0.29, 0.717) is 12.1 Å². The highest BCUT2D eigenvalue weighted by atomic mass is 35.5. The molecule has 1 spiro atoms. The summed E-state index contributed by atoms with van der Waals surface area (Å²) >= 11 is 7.93. The van der Waals surface area contributed by atoms with Crippen molar-refractivity contribution in [1.29, 1.82) is 0 Å². The van der Waals surface area contributed by atoms with Gasteiger partial charge in [-0.3, -0.25) is 14.7 Å². The number of hydrogen-bond acceptors (Lipinski definition) is 4. The van der Waals surface area contributed by atoms with Crippen molar-refractivity contribution < 1.29 is 9.18 Å². The zero-order valence-electron chi connectivity index (χ0n) is 23.8. The molecule has 0 aliphatic carbocycles. The maximum Gasteiger partial charge on any atom is 0.258 e. The van der Waals surface area contributed by atoms with E-state index in [1.54, 1.807) is 36.2 Å². The number of pyridine rings is 1. The molecule has 0 atom stereocenters. The molecule has 0 unspecified atom stereocenters. The summed E-state index contributed by atoms with van der Waals surface area (Å²) in [6, 6.07) is 22.8. The largest absolute Gasteiger partial charge is 0.307 e. The first-order chi connectivity index (χ1) is 20.3. The smallest absolute Gasteiger partial charge is 0.258 e. The monoisotopic (exact) mass is 597 g/mol. The number of carbonyl (C=O) groups excluding carboxylic acids is 1. The van der Waals surface area contributed by atoms with Crippen molar-refractivity contribution in [2.75, 3.05) is 31.1 Å². The Bertz CT molecular complexity index is 1650. The van der Waals surface area contributed by atoms with Crippen LogP contribution in [0.1, 0.15) is 45.6 Å². The minimum Gasteiger partial charge on any atom is -0.307 e. The van der Waals surface area contributed by atoms with Crippen molar-refractivity contribution in [2.24, 2.45) is 0 Å². The minimum absolute atomic E-state index is 0.0136. The maximum absolute atomic E-state index is 13.8. The molecule has 6 rings (SSSR count). The zero-order chi connectivity index (χ0) is 29.3. The Hall–Kier alpha value is -3.45. The van der Waals surface area contributed by atoms with E-state index in [1.165, 1.54) is 17.7 Å². The molecule has 0 radical (unpaired) electrons. The molecule has 7 heteroatoms. The first kappa shape index (κ1) is 28.7. The number of likely N-dealkylation sites (tertiary alicyclic amines) is 1. The highest BCUT2D eigenvalue weighted by Crippen LogP contribution is 2.49. The molecule has 1 fully saturated rings. The number of carbonyl (C=O) groups is 1. The molecule has 1 amide bonds. The molecule has 1 aromatic heterocycles. The van der Waals surface area contributed by atoms with E-state index in [4.69, 9.17) is 11.6 Å².